The van der Waals surface area contributed by atoms with Crippen molar-refractivity contribution < 1.29 is 14.6 Å². The van der Waals surface area contributed by atoms with Crippen LogP contribution in [0.3, 0.4) is 0 Å². The molecule has 5 heteroatoms. The largest absolute Gasteiger partial charge is 0.497 e. The van der Waals surface area contributed by atoms with Crippen molar-refractivity contribution in [3.63, 3.8) is 0 Å². The lowest BCUT2D eigenvalue weighted by atomic mass is 9.99. The Kier molecular flexibility index (Phi) is 6.63. The molecule has 2 rings (SSSR count). The number of hydrogen-bond acceptors (Lipinski definition) is 3. The van der Waals surface area contributed by atoms with Crippen LogP contribution in [-0.4, -0.2) is 30.9 Å². The Labute approximate surface area is 142 Å². The number of urea groups is 1. The summed E-state index contributed by atoms with van der Waals surface area (Å²) in [4.78, 5) is 12.1. The van der Waals surface area contributed by atoms with Gasteiger partial charge in [0.2, 0.25) is 0 Å². The van der Waals surface area contributed by atoms with E-state index in [2.05, 4.69) is 10.6 Å². The maximum Gasteiger partial charge on any atom is 0.315 e. The molecule has 0 saturated heterocycles. The maximum absolute atomic E-state index is 12.1. The van der Waals surface area contributed by atoms with Crippen molar-refractivity contribution in [1.82, 2.24) is 10.6 Å². The van der Waals surface area contributed by atoms with E-state index in [9.17, 15) is 9.90 Å². The Bertz CT molecular complexity index is 644. The molecule has 0 heterocycles. The number of benzene rings is 2. The number of amides is 2. The van der Waals surface area contributed by atoms with E-state index in [0.29, 0.717) is 6.42 Å². The molecule has 0 aliphatic carbocycles. The van der Waals surface area contributed by atoms with E-state index in [1.54, 1.807) is 14.0 Å². The van der Waals surface area contributed by atoms with Gasteiger partial charge in [0.05, 0.1) is 19.3 Å². The van der Waals surface area contributed by atoms with E-state index in [4.69, 9.17) is 4.74 Å². The molecule has 2 amide bonds. The first kappa shape index (κ1) is 17.8. The predicted molar refractivity (Wildman–Crippen MR) is 94.1 cm³/mol. The Morgan fingerprint density at radius 1 is 1.17 bits per heavy atom. The van der Waals surface area contributed by atoms with E-state index in [-0.39, 0.29) is 18.6 Å². The first-order chi connectivity index (χ1) is 11.6. The van der Waals surface area contributed by atoms with Gasteiger partial charge >= 0.3 is 6.03 Å². The lowest BCUT2D eigenvalue weighted by Gasteiger charge is -2.20. The smallest absolute Gasteiger partial charge is 0.315 e. The summed E-state index contributed by atoms with van der Waals surface area (Å²) in [5.41, 5.74) is 2.09. The zero-order valence-electron chi connectivity index (χ0n) is 14.0. The number of rotatable bonds is 7. The molecule has 0 saturated carbocycles. The Morgan fingerprint density at radius 2 is 1.92 bits per heavy atom. The molecule has 1 unspecified atom stereocenters. The van der Waals surface area contributed by atoms with Gasteiger partial charge in [-0.25, -0.2) is 4.79 Å². The second-order valence-corrected chi connectivity index (χ2v) is 5.72. The number of aliphatic hydroxyl groups is 1. The molecule has 2 aromatic carbocycles. The minimum absolute atomic E-state index is 0.174. The molecule has 2 aromatic rings. The molecule has 0 aliphatic rings. The molecular weight excluding hydrogens is 304 g/mol. The zero-order valence-corrected chi connectivity index (χ0v) is 14.0. The van der Waals surface area contributed by atoms with Crippen molar-refractivity contribution in [3.05, 3.63) is 65.7 Å². The number of aliphatic hydroxyl groups excluding tert-OH is 1. The van der Waals surface area contributed by atoms with Crippen molar-refractivity contribution in [2.45, 2.75) is 25.5 Å². The van der Waals surface area contributed by atoms with Crippen LogP contribution >= 0.6 is 0 Å². The molecule has 0 aromatic heterocycles. The van der Waals surface area contributed by atoms with Gasteiger partial charge in [0.25, 0.3) is 0 Å². The zero-order chi connectivity index (χ0) is 17.4. The van der Waals surface area contributed by atoms with Crippen LogP contribution in [0.1, 0.15) is 24.1 Å². The second-order valence-electron chi connectivity index (χ2n) is 5.72. The third-order valence-corrected chi connectivity index (χ3v) is 3.64. The fraction of sp³-hybridized carbons (Fsp3) is 0.316. The molecule has 0 aliphatic heterocycles. The number of hydrogen-bond donors (Lipinski definition) is 3. The van der Waals surface area contributed by atoms with Gasteiger partial charge in [0, 0.05) is 6.54 Å². The summed E-state index contributed by atoms with van der Waals surface area (Å²) in [6.45, 7) is 1.84. The highest BCUT2D eigenvalue weighted by atomic mass is 16.5. The van der Waals surface area contributed by atoms with Crippen LogP contribution in [0.4, 0.5) is 4.79 Å². The van der Waals surface area contributed by atoms with Crippen LogP contribution in [0.25, 0.3) is 0 Å². The van der Waals surface area contributed by atoms with Gasteiger partial charge < -0.3 is 20.5 Å². The third kappa shape index (κ3) is 5.59. The highest BCUT2D eigenvalue weighted by Gasteiger charge is 2.15. The molecule has 3 N–H and O–H groups in total. The molecular formula is C19H24N2O3. The molecule has 5 nitrogen and oxygen atoms in total. The summed E-state index contributed by atoms with van der Waals surface area (Å²) in [5, 5.41) is 14.9. The van der Waals surface area contributed by atoms with Gasteiger partial charge in [0.15, 0.2) is 0 Å². The van der Waals surface area contributed by atoms with E-state index < -0.39 is 6.10 Å². The van der Waals surface area contributed by atoms with Crippen molar-refractivity contribution in [3.8, 4) is 5.75 Å². The number of carbonyl (C=O) groups is 1. The second kappa shape index (κ2) is 8.93. The van der Waals surface area contributed by atoms with Crippen LogP contribution in [-0.2, 0) is 6.42 Å². The maximum atomic E-state index is 12.1. The fourth-order valence-electron chi connectivity index (χ4n) is 2.42. The van der Waals surface area contributed by atoms with Crippen molar-refractivity contribution in [2.24, 2.45) is 0 Å². The van der Waals surface area contributed by atoms with Crippen molar-refractivity contribution in [2.75, 3.05) is 13.7 Å². The van der Waals surface area contributed by atoms with Crippen LogP contribution in [0.2, 0.25) is 0 Å². The van der Waals surface area contributed by atoms with Gasteiger partial charge in [0.1, 0.15) is 5.75 Å². The predicted octanol–water partition coefficient (Wildman–Crippen LogP) is 2.66. The quantitative estimate of drug-likeness (QED) is 0.732. The summed E-state index contributed by atoms with van der Waals surface area (Å²) < 4.78 is 5.26. The topological polar surface area (TPSA) is 70.6 Å². The minimum Gasteiger partial charge on any atom is -0.497 e. The molecule has 0 spiro atoms. The molecule has 24 heavy (non-hydrogen) atoms. The van der Waals surface area contributed by atoms with Crippen LogP contribution in [0, 0.1) is 0 Å². The standard InChI is InChI=1S/C19H24N2O3/c1-14(22)13-20-19(23)21-18(16-8-4-3-5-9-16)12-15-7-6-10-17(11-15)24-2/h3-11,14,18,22H,12-13H2,1-2H3,(H2,20,21,23)/t14-,18?/m1/s1. The van der Waals surface area contributed by atoms with Gasteiger partial charge in [-0.05, 0) is 36.6 Å². The van der Waals surface area contributed by atoms with Crippen molar-refractivity contribution >= 4 is 6.03 Å². The SMILES string of the molecule is COc1cccc(CC(NC(=O)NC[C@@H](C)O)c2ccccc2)c1. The highest BCUT2D eigenvalue weighted by molar-refractivity contribution is 5.74. The summed E-state index contributed by atoms with van der Waals surface area (Å²) in [6.07, 6.45) is 0.0628. The van der Waals surface area contributed by atoms with Gasteiger partial charge in [-0.15, -0.1) is 0 Å². The molecule has 0 bridgehead atoms. The number of methoxy groups -OCH3 is 1. The van der Waals surface area contributed by atoms with Crippen LogP contribution < -0.4 is 15.4 Å². The van der Waals surface area contributed by atoms with Gasteiger partial charge in [-0.1, -0.05) is 42.5 Å². The van der Waals surface area contributed by atoms with Crippen LogP contribution in [0.5, 0.6) is 5.75 Å². The van der Waals surface area contributed by atoms with Crippen LogP contribution in [0.15, 0.2) is 54.6 Å². The lowest BCUT2D eigenvalue weighted by molar-refractivity contribution is 0.186. The third-order valence-electron chi connectivity index (χ3n) is 3.64. The Morgan fingerprint density at radius 3 is 2.58 bits per heavy atom. The monoisotopic (exact) mass is 328 g/mol. The molecule has 2 atom stereocenters. The molecule has 0 fully saturated rings. The van der Waals surface area contributed by atoms with E-state index in [0.717, 1.165) is 16.9 Å². The summed E-state index contributed by atoms with van der Waals surface area (Å²) in [7, 11) is 1.63. The van der Waals surface area contributed by atoms with E-state index >= 15 is 0 Å². The first-order valence-electron chi connectivity index (χ1n) is 7.99. The minimum atomic E-state index is -0.579. The highest BCUT2D eigenvalue weighted by Crippen LogP contribution is 2.21. The fourth-order valence-corrected chi connectivity index (χ4v) is 2.42. The Balaban J connectivity index is 2.12. The summed E-state index contributed by atoms with van der Waals surface area (Å²) in [5.74, 6) is 0.790. The number of ether oxygens (including phenoxy) is 1. The lowest BCUT2D eigenvalue weighted by Crippen LogP contribution is -2.41. The van der Waals surface area contributed by atoms with E-state index in [1.807, 2.05) is 54.6 Å². The average Bonchev–Trinajstić information content (AvgIpc) is 2.60. The first-order valence-corrected chi connectivity index (χ1v) is 7.99. The number of nitrogens with one attached hydrogen (secondary N) is 2. The van der Waals surface area contributed by atoms with Crippen molar-refractivity contribution in [1.29, 1.82) is 0 Å². The summed E-state index contributed by atoms with van der Waals surface area (Å²) in [6, 6.07) is 17.1. The average molecular weight is 328 g/mol. The number of carbonyl (C=O) groups excluding carboxylic acids is 1. The van der Waals surface area contributed by atoms with Gasteiger partial charge in [-0.3, -0.25) is 0 Å². The molecule has 128 valence electrons. The molecule has 0 radical (unpaired) electrons. The Hall–Kier alpha value is -2.53. The van der Waals surface area contributed by atoms with Gasteiger partial charge in [-0.2, -0.15) is 0 Å². The van der Waals surface area contributed by atoms with E-state index in [1.165, 1.54) is 0 Å². The summed E-state index contributed by atoms with van der Waals surface area (Å²) >= 11 is 0. The normalized spacial score (nSPS) is 13.0.